The smallest absolute Gasteiger partial charge is 0.110 e. The molecule has 25 heavy (non-hydrogen) atoms. The molecule has 0 aromatic heterocycles. The van der Waals surface area contributed by atoms with Gasteiger partial charge in [-0.1, -0.05) is 107 Å². The molecule has 0 aliphatic rings. The summed E-state index contributed by atoms with van der Waals surface area (Å²) in [7, 11) is 0. The molecule has 2 aromatic rings. The van der Waals surface area contributed by atoms with Crippen molar-refractivity contribution in [1.82, 2.24) is 0 Å². The Balaban J connectivity index is 2.41. The van der Waals surface area contributed by atoms with E-state index in [1.54, 1.807) is 0 Å². The summed E-state index contributed by atoms with van der Waals surface area (Å²) in [5, 5.41) is 10.4. The van der Waals surface area contributed by atoms with Gasteiger partial charge in [0.05, 0.1) is 6.07 Å². The number of nitrogens with zero attached hydrogens (tertiary/aromatic N) is 1. The highest BCUT2D eigenvalue weighted by Gasteiger charge is 2.41. The first kappa shape index (κ1) is 19.3. The minimum atomic E-state index is -0.563. The van der Waals surface area contributed by atoms with Crippen molar-refractivity contribution in [3.63, 3.8) is 0 Å². The van der Waals surface area contributed by atoms with Gasteiger partial charge in [-0.2, -0.15) is 5.26 Å². The summed E-state index contributed by atoms with van der Waals surface area (Å²) in [4.78, 5) is 0. The Labute approximate surface area is 153 Å². The van der Waals surface area contributed by atoms with Crippen molar-refractivity contribution in [2.45, 2.75) is 58.3 Å². The lowest BCUT2D eigenvalue weighted by molar-refractivity contribution is 0.329. The van der Waals surface area contributed by atoms with Crippen molar-refractivity contribution in [3.05, 3.63) is 71.8 Å². The van der Waals surface area contributed by atoms with Crippen LogP contribution in [0.25, 0.3) is 0 Å². The third kappa shape index (κ3) is 4.31. The van der Waals surface area contributed by atoms with Gasteiger partial charge in [-0.3, -0.25) is 0 Å². The van der Waals surface area contributed by atoms with Gasteiger partial charge in [0.2, 0.25) is 0 Å². The first-order valence-corrected chi connectivity index (χ1v) is 9.71. The van der Waals surface area contributed by atoms with Gasteiger partial charge in [-0.25, -0.2) is 0 Å². The lowest BCUT2D eigenvalue weighted by Crippen LogP contribution is -2.35. The zero-order valence-corrected chi connectivity index (χ0v) is 15.9. The quantitative estimate of drug-likeness (QED) is 0.498. The Bertz CT molecular complexity index is 614. The maximum absolute atomic E-state index is 10.4. The minimum Gasteiger partial charge on any atom is -0.197 e. The van der Waals surface area contributed by atoms with Crippen LogP contribution in [-0.2, 0) is 5.41 Å². The molecule has 0 spiro atoms. The van der Waals surface area contributed by atoms with Crippen LogP contribution in [0.5, 0.6) is 0 Å². The van der Waals surface area contributed by atoms with Crippen molar-refractivity contribution in [1.29, 1.82) is 5.26 Å². The maximum atomic E-state index is 10.4. The van der Waals surface area contributed by atoms with Gasteiger partial charge in [0, 0.05) is 0 Å². The highest BCUT2D eigenvalue weighted by Crippen LogP contribution is 2.43. The van der Waals surface area contributed by atoms with Crippen LogP contribution < -0.4 is 0 Å². The SMILES string of the molecule is CCC(C)CCCC(CC)C(C#N)(c1ccccc1)c1ccccc1. The summed E-state index contributed by atoms with van der Waals surface area (Å²) in [6.07, 6.45) is 5.78. The Morgan fingerprint density at radius 3 is 1.76 bits per heavy atom. The number of rotatable bonds is 9. The molecule has 0 aliphatic carbocycles. The lowest BCUT2D eigenvalue weighted by Gasteiger charge is -2.36. The fourth-order valence-electron chi connectivity index (χ4n) is 3.90. The standard InChI is InChI=1S/C24H31N/c1-4-20(3)13-12-18-21(5-2)24(19-25,22-14-8-6-9-15-22)23-16-10-7-11-17-23/h6-11,14-17,20-21H,4-5,12-13,18H2,1-3H3. The number of benzene rings is 2. The molecule has 1 nitrogen and oxygen atoms in total. The molecular weight excluding hydrogens is 302 g/mol. The van der Waals surface area contributed by atoms with Crippen LogP contribution in [0.3, 0.4) is 0 Å². The maximum Gasteiger partial charge on any atom is 0.110 e. The Kier molecular flexibility index (Phi) is 7.26. The highest BCUT2D eigenvalue weighted by molar-refractivity contribution is 5.46. The monoisotopic (exact) mass is 333 g/mol. The third-order valence-corrected chi connectivity index (χ3v) is 5.69. The summed E-state index contributed by atoms with van der Waals surface area (Å²) in [6, 6.07) is 23.5. The minimum absolute atomic E-state index is 0.325. The van der Waals surface area contributed by atoms with Crippen LogP contribution in [-0.4, -0.2) is 0 Å². The van der Waals surface area contributed by atoms with Gasteiger partial charge < -0.3 is 0 Å². The molecule has 132 valence electrons. The molecule has 0 bridgehead atoms. The molecule has 0 saturated heterocycles. The molecule has 1 heteroatoms. The van der Waals surface area contributed by atoms with Crippen LogP contribution in [0.15, 0.2) is 60.7 Å². The molecule has 0 heterocycles. The molecule has 0 N–H and O–H groups in total. The number of hydrogen-bond acceptors (Lipinski definition) is 1. The van der Waals surface area contributed by atoms with Gasteiger partial charge in [-0.05, 0) is 29.4 Å². The van der Waals surface area contributed by atoms with Crippen LogP contribution in [0.1, 0.15) is 64.0 Å². The average molecular weight is 334 g/mol. The molecule has 0 aliphatic heterocycles. The van der Waals surface area contributed by atoms with E-state index in [1.165, 1.54) is 19.3 Å². The van der Waals surface area contributed by atoms with Crippen molar-refractivity contribution in [3.8, 4) is 6.07 Å². The van der Waals surface area contributed by atoms with E-state index >= 15 is 0 Å². The van der Waals surface area contributed by atoms with E-state index < -0.39 is 5.41 Å². The van der Waals surface area contributed by atoms with Gasteiger partial charge in [-0.15, -0.1) is 0 Å². The summed E-state index contributed by atoms with van der Waals surface area (Å²) < 4.78 is 0. The van der Waals surface area contributed by atoms with E-state index in [9.17, 15) is 5.26 Å². The normalized spacial score (nSPS) is 13.8. The third-order valence-electron chi connectivity index (χ3n) is 5.69. The zero-order chi connectivity index (χ0) is 18.1. The van der Waals surface area contributed by atoms with E-state index in [-0.39, 0.29) is 0 Å². The molecule has 0 fully saturated rings. The molecule has 0 amide bonds. The van der Waals surface area contributed by atoms with Gasteiger partial charge in [0.25, 0.3) is 0 Å². The second-order valence-electron chi connectivity index (χ2n) is 7.20. The number of nitriles is 1. The molecular formula is C24H31N. The van der Waals surface area contributed by atoms with Crippen LogP contribution in [0.2, 0.25) is 0 Å². The predicted octanol–water partition coefficient (Wildman–Crippen LogP) is 6.74. The summed E-state index contributed by atoms with van der Waals surface area (Å²) in [5.74, 6) is 1.09. The fraction of sp³-hybridized carbons (Fsp3) is 0.458. The molecule has 2 atom stereocenters. The molecule has 0 saturated carbocycles. The topological polar surface area (TPSA) is 23.8 Å². The van der Waals surface area contributed by atoms with E-state index in [2.05, 4.69) is 75.4 Å². The highest BCUT2D eigenvalue weighted by atomic mass is 14.5. The zero-order valence-electron chi connectivity index (χ0n) is 15.9. The molecule has 2 rings (SSSR count). The van der Waals surface area contributed by atoms with Gasteiger partial charge >= 0.3 is 0 Å². The predicted molar refractivity (Wildman–Crippen MR) is 106 cm³/mol. The lowest BCUT2D eigenvalue weighted by atomic mass is 9.64. The second-order valence-corrected chi connectivity index (χ2v) is 7.20. The summed E-state index contributed by atoms with van der Waals surface area (Å²) in [6.45, 7) is 6.81. The Hall–Kier alpha value is -2.07. The van der Waals surface area contributed by atoms with E-state index in [1.807, 2.05) is 12.1 Å². The van der Waals surface area contributed by atoms with Crippen LogP contribution in [0.4, 0.5) is 0 Å². The van der Waals surface area contributed by atoms with Gasteiger partial charge in [0.15, 0.2) is 0 Å². The first-order chi connectivity index (χ1) is 12.2. The molecule has 2 aromatic carbocycles. The van der Waals surface area contributed by atoms with E-state index in [0.717, 1.165) is 29.9 Å². The van der Waals surface area contributed by atoms with Gasteiger partial charge in [0.1, 0.15) is 5.41 Å². The summed E-state index contributed by atoms with van der Waals surface area (Å²) >= 11 is 0. The van der Waals surface area contributed by atoms with Crippen LogP contribution >= 0.6 is 0 Å². The molecule has 2 unspecified atom stereocenters. The van der Waals surface area contributed by atoms with Crippen molar-refractivity contribution in [2.75, 3.05) is 0 Å². The molecule has 0 radical (unpaired) electrons. The summed E-state index contributed by atoms with van der Waals surface area (Å²) in [5.41, 5.74) is 1.69. The average Bonchev–Trinajstić information content (AvgIpc) is 2.69. The van der Waals surface area contributed by atoms with Crippen molar-refractivity contribution >= 4 is 0 Å². The largest absolute Gasteiger partial charge is 0.197 e. The van der Waals surface area contributed by atoms with E-state index in [4.69, 9.17) is 0 Å². The Morgan fingerprint density at radius 1 is 0.840 bits per heavy atom. The van der Waals surface area contributed by atoms with Crippen molar-refractivity contribution < 1.29 is 0 Å². The van der Waals surface area contributed by atoms with Crippen LogP contribution in [0, 0.1) is 23.2 Å². The first-order valence-electron chi connectivity index (χ1n) is 9.71. The van der Waals surface area contributed by atoms with E-state index in [0.29, 0.717) is 5.92 Å². The second kappa shape index (κ2) is 9.42. The fourth-order valence-corrected chi connectivity index (χ4v) is 3.90. The Morgan fingerprint density at radius 2 is 1.36 bits per heavy atom. The van der Waals surface area contributed by atoms with Crippen molar-refractivity contribution in [2.24, 2.45) is 11.8 Å². The number of hydrogen-bond donors (Lipinski definition) is 0.